The number of nitriles is 1. The van der Waals surface area contributed by atoms with Gasteiger partial charge >= 0.3 is 0 Å². The number of benzene rings is 3. The van der Waals surface area contributed by atoms with Crippen LogP contribution in [0.4, 0.5) is 0 Å². The van der Waals surface area contributed by atoms with Gasteiger partial charge in [-0.05, 0) is 41.5 Å². The van der Waals surface area contributed by atoms with Gasteiger partial charge in [0.25, 0.3) is 0 Å². The van der Waals surface area contributed by atoms with Crippen LogP contribution in [-0.4, -0.2) is 14.8 Å². The highest BCUT2D eigenvalue weighted by Gasteiger charge is 2.15. The fourth-order valence-corrected chi connectivity index (χ4v) is 5.21. The van der Waals surface area contributed by atoms with Crippen molar-refractivity contribution in [3.05, 3.63) is 106 Å². The largest absolute Gasteiger partial charge is 0.273 e. The molecular weight excluding hydrogens is 444 g/mol. The standard InChI is InChI=1S/C24H19ClN4S2/c25-22-12-5-4-9-20(22)16-30-17-23-27-28-24(29(23)21-10-2-1-3-11-21)31-15-19-8-6-7-18(13-19)14-26/h1-13H,15-17H2. The summed E-state index contributed by atoms with van der Waals surface area (Å²) in [4.78, 5) is 0. The first-order chi connectivity index (χ1) is 15.2. The van der Waals surface area contributed by atoms with Crippen LogP contribution in [0.25, 0.3) is 5.69 Å². The van der Waals surface area contributed by atoms with Crippen LogP contribution in [0.15, 0.2) is 84.0 Å². The second kappa shape index (κ2) is 10.5. The van der Waals surface area contributed by atoms with Crippen LogP contribution in [0.3, 0.4) is 0 Å². The highest BCUT2D eigenvalue weighted by atomic mass is 35.5. The first-order valence-electron chi connectivity index (χ1n) is 9.67. The van der Waals surface area contributed by atoms with Crippen molar-refractivity contribution in [3.63, 3.8) is 0 Å². The van der Waals surface area contributed by atoms with Crippen molar-refractivity contribution in [1.82, 2.24) is 14.8 Å². The fraction of sp³-hybridized carbons (Fsp3) is 0.125. The van der Waals surface area contributed by atoms with Crippen molar-refractivity contribution in [2.24, 2.45) is 0 Å². The summed E-state index contributed by atoms with van der Waals surface area (Å²) >= 11 is 9.67. The van der Waals surface area contributed by atoms with Gasteiger partial charge in [0.2, 0.25) is 0 Å². The van der Waals surface area contributed by atoms with Crippen LogP contribution < -0.4 is 0 Å². The highest BCUT2D eigenvalue weighted by Crippen LogP contribution is 2.28. The summed E-state index contributed by atoms with van der Waals surface area (Å²) < 4.78 is 2.11. The number of rotatable bonds is 8. The molecule has 0 aliphatic heterocycles. The van der Waals surface area contributed by atoms with E-state index in [1.54, 1.807) is 23.5 Å². The maximum atomic E-state index is 9.13. The zero-order valence-corrected chi connectivity index (χ0v) is 19.0. The lowest BCUT2D eigenvalue weighted by Gasteiger charge is -2.10. The van der Waals surface area contributed by atoms with E-state index >= 15 is 0 Å². The van der Waals surface area contributed by atoms with Crippen molar-refractivity contribution in [3.8, 4) is 11.8 Å². The Morgan fingerprint density at radius 3 is 2.48 bits per heavy atom. The van der Waals surface area contributed by atoms with Crippen molar-refractivity contribution < 1.29 is 0 Å². The van der Waals surface area contributed by atoms with Crippen molar-refractivity contribution in [1.29, 1.82) is 5.26 Å². The van der Waals surface area contributed by atoms with Gasteiger partial charge in [-0.15, -0.1) is 22.0 Å². The monoisotopic (exact) mass is 462 g/mol. The maximum Gasteiger partial charge on any atom is 0.196 e. The summed E-state index contributed by atoms with van der Waals surface area (Å²) in [6, 6.07) is 27.9. The minimum absolute atomic E-state index is 0.666. The van der Waals surface area contributed by atoms with Gasteiger partial charge in [0.05, 0.1) is 17.4 Å². The second-order valence-corrected chi connectivity index (χ2v) is 9.09. The van der Waals surface area contributed by atoms with E-state index in [0.717, 1.165) is 44.3 Å². The van der Waals surface area contributed by atoms with Crippen LogP contribution in [0, 0.1) is 11.3 Å². The molecule has 0 spiro atoms. The van der Waals surface area contributed by atoms with E-state index in [4.69, 9.17) is 16.9 Å². The lowest BCUT2D eigenvalue weighted by molar-refractivity contribution is 0.864. The third-order valence-corrected chi connectivity index (χ3v) is 6.93. The zero-order chi connectivity index (χ0) is 21.5. The number of nitrogens with zero attached hydrogens (tertiary/aromatic N) is 4. The number of halogens is 1. The van der Waals surface area contributed by atoms with E-state index in [2.05, 4.69) is 33.0 Å². The van der Waals surface area contributed by atoms with Crippen LogP contribution in [0.2, 0.25) is 5.02 Å². The Morgan fingerprint density at radius 2 is 1.68 bits per heavy atom. The van der Waals surface area contributed by atoms with Gasteiger partial charge in [0.1, 0.15) is 5.82 Å². The Hall–Kier alpha value is -2.72. The summed E-state index contributed by atoms with van der Waals surface area (Å²) in [5.41, 5.74) is 3.90. The Balaban J connectivity index is 1.52. The second-order valence-electron chi connectivity index (χ2n) is 6.75. The van der Waals surface area contributed by atoms with Gasteiger partial charge in [0, 0.05) is 22.2 Å². The SMILES string of the molecule is N#Cc1cccc(CSc2nnc(CSCc3ccccc3Cl)n2-c2ccccc2)c1. The Kier molecular flexibility index (Phi) is 7.31. The van der Waals surface area contributed by atoms with E-state index in [1.165, 1.54) is 0 Å². The molecule has 0 radical (unpaired) electrons. The number of aromatic nitrogens is 3. The van der Waals surface area contributed by atoms with Gasteiger partial charge in [-0.1, -0.05) is 71.9 Å². The molecule has 0 aliphatic carbocycles. The van der Waals surface area contributed by atoms with Crippen LogP contribution in [0.5, 0.6) is 0 Å². The first-order valence-corrected chi connectivity index (χ1v) is 12.2. The molecule has 4 aromatic rings. The average Bonchev–Trinajstić information content (AvgIpc) is 3.22. The van der Waals surface area contributed by atoms with Crippen LogP contribution in [-0.2, 0) is 17.3 Å². The average molecular weight is 463 g/mol. The van der Waals surface area contributed by atoms with Crippen molar-refractivity contribution in [2.75, 3.05) is 0 Å². The molecule has 4 nitrogen and oxygen atoms in total. The third-order valence-electron chi connectivity index (χ3n) is 4.59. The maximum absolute atomic E-state index is 9.13. The third kappa shape index (κ3) is 5.50. The highest BCUT2D eigenvalue weighted by molar-refractivity contribution is 7.98. The molecule has 0 bridgehead atoms. The van der Waals surface area contributed by atoms with E-state index in [0.29, 0.717) is 11.3 Å². The molecule has 0 amide bonds. The van der Waals surface area contributed by atoms with Crippen molar-refractivity contribution >= 4 is 35.1 Å². The molecule has 0 atom stereocenters. The topological polar surface area (TPSA) is 54.5 Å². The van der Waals surface area contributed by atoms with Gasteiger partial charge < -0.3 is 0 Å². The Labute approximate surface area is 195 Å². The van der Waals surface area contributed by atoms with Gasteiger partial charge in [-0.25, -0.2) is 0 Å². The molecule has 0 fully saturated rings. The Morgan fingerprint density at radius 1 is 0.871 bits per heavy atom. The van der Waals surface area contributed by atoms with Gasteiger partial charge in [0.15, 0.2) is 5.16 Å². The molecule has 31 heavy (non-hydrogen) atoms. The Bertz CT molecular complexity index is 1200. The minimum Gasteiger partial charge on any atom is -0.273 e. The van der Waals surface area contributed by atoms with Gasteiger partial charge in [-0.3, -0.25) is 4.57 Å². The number of hydrogen-bond donors (Lipinski definition) is 0. The quantitative estimate of drug-likeness (QED) is 0.279. The molecular formula is C24H19ClN4S2. The van der Waals surface area contributed by atoms with Gasteiger partial charge in [-0.2, -0.15) is 5.26 Å². The summed E-state index contributed by atoms with van der Waals surface area (Å²) in [7, 11) is 0. The molecule has 0 unspecified atom stereocenters. The molecule has 0 N–H and O–H groups in total. The van der Waals surface area contributed by atoms with E-state index in [9.17, 15) is 0 Å². The molecule has 1 heterocycles. The summed E-state index contributed by atoms with van der Waals surface area (Å²) in [5.74, 6) is 3.15. The minimum atomic E-state index is 0.666. The first kappa shape index (κ1) is 21.5. The lowest BCUT2D eigenvalue weighted by Crippen LogP contribution is -2.02. The zero-order valence-electron chi connectivity index (χ0n) is 16.6. The number of hydrogen-bond acceptors (Lipinski definition) is 5. The summed E-state index contributed by atoms with van der Waals surface area (Å²) in [6.45, 7) is 0. The van der Waals surface area contributed by atoms with E-state index < -0.39 is 0 Å². The number of para-hydroxylation sites is 1. The summed E-state index contributed by atoms with van der Waals surface area (Å²) in [6.07, 6.45) is 0. The van der Waals surface area contributed by atoms with Crippen molar-refractivity contribution in [2.45, 2.75) is 22.4 Å². The van der Waals surface area contributed by atoms with E-state index in [1.807, 2.05) is 66.7 Å². The molecule has 0 saturated carbocycles. The molecule has 0 saturated heterocycles. The molecule has 4 rings (SSSR count). The van der Waals surface area contributed by atoms with E-state index in [-0.39, 0.29) is 0 Å². The summed E-state index contributed by atoms with van der Waals surface area (Å²) in [5, 5.41) is 19.7. The molecule has 3 aromatic carbocycles. The molecule has 154 valence electrons. The smallest absolute Gasteiger partial charge is 0.196 e. The lowest BCUT2D eigenvalue weighted by atomic mass is 10.2. The number of thioether (sulfide) groups is 2. The van der Waals surface area contributed by atoms with Crippen LogP contribution in [0.1, 0.15) is 22.5 Å². The fourth-order valence-electron chi connectivity index (χ4n) is 3.07. The molecule has 0 aliphatic rings. The normalized spacial score (nSPS) is 10.7. The molecule has 7 heteroatoms. The predicted molar refractivity (Wildman–Crippen MR) is 129 cm³/mol. The van der Waals surface area contributed by atoms with Crippen LogP contribution >= 0.6 is 35.1 Å². The predicted octanol–water partition coefficient (Wildman–Crippen LogP) is 6.52. The molecule has 1 aromatic heterocycles.